The Morgan fingerprint density at radius 3 is 2.49 bits per heavy atom. The maximum absolute atomic E-state index is 13.4. The van der Waals surface area contributed by atoms with Gasteiger partial charge >= 0.3 is 12.0 Å². The number of nitrogens with one attached hydrogen (secondary N) is 2. The predicted molar refractivity (Wildman–Crippen MR) is 167 cm³/mol. The van der Waals surface area contributed by atoms with Gasteiger partial charge in [0.1, 0.15) is 23.4 Å². The highest BCUT2D eigenvalue weighted by Gasteiger charge is 2.41. The minimum Gasteiger partial charge on any atom is -0.467 e. The average Bonchev–Trinajstić information content (AvgIpc) is 3.64. The molecule has 3 amide bonds. The molecule has 2 fully saturated rings. The molecule has 0 radical (unpaired) electrons. The standard InChI is InChI=1S/C29H35Cl2N7O6S/c1-18-34-23-15-32-8-5-25(23)37(18)17-19-6-10-36(11-7-19)29(41)33-16-24(28(40)44-2)35-27(39)26-4-3-9-38(26)45(42,43)22-13-20(30)12-21(31)14-22/h5,8,12-15,19,24,26H,3-4,6-7,9-11,16-17H2,1-2H3,(H,33,41)(H,35,39)/t24-,26+/m0/s1. The Morgan fingerprint density at radius 1 is 1.09 bits per heavy atom. The van der Waals surface area contributed by atoms with Crippen molar-refractivity contribution in [3.8, 4) is 0 Å². The van der Waals surface area contributed by atoms with Crippen molar-refractivity contribution in [1.82, 2.24) is 34.4 Å². The van der Waals surface area contributed by atoms with Gasteiger partial charge in [0.15, 0.2) is 0 Å². The number of urea groups is 1. The maximum Gasteiger partial charge on any atom is 0.330 e. The second kappa shape index (κ2) is 13.9. The zero-order valence-electron chi connectivity index (χ0n) is 24.9. The number of nitrogens with zero attached hydrogens (tertiary/aromatic N) is 5. The summed E-state index contributed by atoms with van der Waals surface area (Å²) >= 11 is 12.0. The van der Waals surface area contributed by atoms with Gasteiger partial charge in [-0.2, -0.15) is 4.31 Å². The van der Waals surface area contributed by atoms with Crippen molar-refractivity contribution < 1.29 is 27.5 Å². The van der Waals surface area contributed by atoms with Gasteiger partial charge in [-0.05, 0) is 62.8 Å². The Kier molecular flexibility index (Phi) is 10.2. The number of aromatic nitrogens is 3. The molecule has 2 atom stereocenters. The van der Waals surface area contributed by atoms with Crippen molar-refractivity contribution in [3.63, 3.8) is 0 Å². The van der Waals surface area contributed by atoms with E-state index in [9.17, 15) is 22.8 Å². The lowest BCUT2D eigenvalue weighted by Crippen LogP contribution is -2.55. The lowest BCUT2D eigenvalue weighted by molar-refractivity contribution is -0.145. The quantitative estimate of drug-likeness (QED) is 0.327. The molecule has 242 valence electrons. The lowest BCUT2D eigenvalue weighted by Gasteiger charge is -2.33. The number of piperidine rings is 1. The van der Waals surface area contributed by atoms with Crippen molar-refractivity contribution in [2.75, 3.05) is 33.3 Å². The molecule has 45 heavy (non-hydrogen) atoms. The number of ether oxygens (including phenoxy) is 1. The molecule has 1 aromatic carbocycles. The number of pyridine rings is 1. The van der Waals surface area contributed by atoms with Gasteiger partial charge < -0.3 is 24.8 Å². The summed E-state index contributed by atoms with van der Waals surface area (Å²) in [5.74, 6) is -0.169. The molecule has 2 aliphatic heterocycles. The molecule has 2 aromatic heterocycles. The molecule has 4 heterocycles. The SMILES string of the molecule is COC(=O)[C@H](CNC(=O)N1CCC(Cn2c(C)nc3cnccc32)CC1)NC(=O)[C@H]1CCCN1S(=O)(=O)c1cc(Cl)cc(Cl)c1. The number of carbonyl (C=O) groups excluding carboxylic acids is 3. The number of methoxy groups -OCH3 is 1. The Balaban J connectivity index is 1.16. The smallest absolute Gasteiger partial charge is 0.330 e. The highest BCUT2D eigenvalue weighted by Crippen LogP contribution is 2.30. The first kappa shape index (κ1) is 32.9. The van der Waals surface area contributed by atoms with Crippen LogP contribution in [0.4, 0.5) is 4.79 Å². The second-order valence-electron chi connectivity index (χ2n) is 11.2. The highest BCUT2D eigenvalue weighted by molar-refractivity contribution is 7.89. The third-order valence-electron chi connectivity index (χ3n) is 8.29. The Bertz CT molecular complexity index is 1670. The number of fused-ring (bicyclic) bond motifs is 1. The molecule has 0 aliphatic carbocycles. The number of aryl methyl sites for hydroxylation is 1. The third kappa shape index (κ3) is 7.35. The number of sulfonamides is 1. The molecule has 5 rings (SSSR count). The number of esters is 1. The molecular weight excluding hydrogens is 645 g/mol. The van der Waals surface area contributed by atoms with Crippen LogP contribution in [0.2, 0.25) is 10.0 Å². The summed E-state index contributed by atoms with van der Waals surface area (Å²) in [5.41, 5.74) is 1.89. The van der Waals surface area contributed by atoms with Crippen LogP contribution in [0.15, 0.2) is 41.6 Å². The van der Waals surface area contributed by atoms with Crippen molar-refractivity contribution in [3.05, 3.63) is 52.5 Å². The Labute approximate surface area is 271 Å². The van der Waals surface area contributed by atoms with E-state index in [1.807, 2.05) is 13.0 Å². The molecule has 2 saturated heterocycles. The largest absolute Gasteiger partial charge is 0.467 e. The molecule has 0 spiro atoms. The number of hydrogen-bond donors (Lipinski definition) is 2. The van der Waals surface area contributed by atoms with E-state index in [1.54, 1.807) is 17.3 Å². The van der Waals surface area contributed by atoms with Crippen LogP contribution in [-0.4, -0.2) is 95.4 Å². The number of amides is 3. The van der Waals surface area contributed by atoms with Crippen molar-refractivity contribution in [1.29, 1.82) is 0 Å². The van der Waals surface area contributed by atoms with Gasteiger partial charge in [0.05, 0.1) is 30.3 Å². The van der Waals surface area contributed by atoms with Gasteiger partial charge in [-0.1, -0.05) is 23.2 Å². The van der Waals surface area contributed by atoms with E-state index in [0.717, 1.165) is 40.5 Å². The van der Waals surface area contributed by atoms with E-state index in [-0.39, 0.29) is 40.5 Å². The third-order valence-corrected chi connectivity index (χ3v) is 10.6. The summed E-state index contributed by atoms with van der Waals surface area (Å²) in [7, 11) is -2.94. The molecule has 0 saturated carbocycles. The van der Waals surface area contributed by atoms with Gasteiger partial charge in [-0.25, -0.2) is 23.0 Å². The van der Waals surface area contributed by atoms with Crippen molar-refractivity contribution in [2.24, 2.45) is 5.92 Å². The summed E-state index contributed by atoms with van der Waals surface area (Å²) in [6, 6.07) is 3.25. The van der Waals surface area contributed by atoms with Gasteiger partial charge in [0, 0.05) is 42.4 Å². The fraction of sp³-hybridized carbons (Fsp3) is 0.483. The van der Waals surface area contributed by atoms with E-state index < -0.39 is 34.0 Å². The summed E-state index contributed by atoms with van der Waals surface area (Å²) in [5, 5.41) is 5.59. The lowest BCUT2D eigenvalue weighted by atomic mass is 9.97. The number of rotatable bonds is 9. The molecule has 2 N–H and O–H groups in total. The number of benzene rings is 1. The minimum absolute atomic E-state index is 0.105. The molecule has 16 heteroatoms. The van der Waals surface area contributed by atoms with E-state index in [1.165, 1.54) is 25.3 Å². The van der Waals surface area contributed by atoms with E-state index in [0.29, 0.717) is 25.4 Å². The number of halogens is 2. The molecular formula is C29H35Cl2N7O6S. The maximum atomic E-state index is 13.4. The minimum atomic E-state index is -4.11. The normalized spacial score (nSPS) is 18.6. The summed E-state index contributed by atoms with van der Waals surface area (Å²) < 4.78 is 34.9. The summed E-state index contributed by atoms with van der Waals surface area (Å²) in [4.78, 5) is 49.2. The van der Waals surface area contributed by atoms with Gasteiger partial charge in [0.2, 0.25) is 15.9 Å². The average molecular weight is 681 g/mol. The van der Waals surface area contributed by atoms with Crippen LogP contribution in [0.3, 0.4) is 0 Å². The number of hydrogen-bond acceptors (Lipinski definition) is 8. The predicted octanol–water partition coefficient (Wildman–Crippen LogP) is 2.98. The summed E-state index contributed by atoms with van der Waals surface area (Å²) in [6.07, 6.45) is 5.77. The Hall–Kier alpha value is -3.46. The number of likely N-dealkylation sites (tertiary alicyclic amines) is 1. The topological polar surface area (TPSA) is 156 Å². The zero-order valence-corrected chi connectivity index (χ0v) is 27.2. The van der Waals surface area contributed by atoms with Crippen LogP contribution in [0.25, 0.3) is 11.0 Å². The number of imidazole rings is 1. The first-order valence-corrected chi connectivity index (χ1v) is 16.8. The van der Waals surface area contributed by atoms with Crippen LogP contribution in [0.5, 0.6) is 0 Å². The van der Waals surface area contributed by atoms with Crippen LogP contribution < -0.4 is 10.6 Å². The van der Waals surface area contributed by atoms with E-state index in [2.05, 4.69) is 25.2 Å². The Morgan fingerprint density at radius 2 is 1.80 bits per heavy atom. The monoisotopic (exact) mass is 679 g/mol. The van der Waals surface area contributed by atoms with Crippen LogP contribution in [-0.2, 0) is 30.9 Å². The fourth-order valence-electron chi connectivity index (χ4n) is 5.92. The fourth-order valence-corrected chi connectivity index (χ4v) is 8.30. The summed E-state index contributed by atoms with van der Waals surface area (Å²) in [6.45, 7) is 3.69. The van der Waals surface area contributed by atoms with Crippen LogP contribution >= 0.6 is 23.2 Å². The molecule has 2 aliphatic rings. The van der Waals surface area contributed by atoms with Crippen LogP contribution in [0, 0.1) is 12.8 Å². The molecule has 13 nitrogen and oxygen atoms in total. The highest BCUT2D eigenvalue weighted by atomic mass is 35.5. The van der Waals surface area contributed by atoms with E-state index >= 15 is 0 Å². The van der Waals surface area contributed by atoms with Crippen molar-refractivity contribution >= 4 is 62.2 Å². The van der Waals surface area contributed by atoms with Gasteiger partial charge in [-0.15, -0.1) is 0 Å². The first-order chi connectivity index (χ1) is 21.5. The number of carbonyl (C=O) groups is 3. The van der Waals surface area contributed by atoms with Gasteiger partial charge in [0.25, 0.3) is 0 Å². The molecule has 0 bridgehead atoms. The van der Waals surface area contributed by atoms with E-state index in [4.69, 9.17) is 27.9 Å². The van der Waals surface area contributed by atoms with Crippen LogP contribution in [0.1, 0.15) is 31.5 Å². The molecule has 0 unspecified atom stereocenters. The second-order valence-corrected chi connectivity index (χ2v) is 14.0. The van der Waals surface area contributed by atoms with Crippen molar-refractivity contribution in [2.45, 2.75) is 56.1 Å². The first-order valence-electron chi connectivity index (χ1n) is 14.6. The van der Waals surface area contributed by atoms with Gasteiger partial charge in [-0.3, -0.25) is 9.78 Å². The zero-order chi connectivity index (χ0) is 32.3. The molecule has 3 aromatic rings.